The number of carbonyl (C=O) groups excluding carboxylic acids is 3. The summed E-state index contributed by atoms with van der Waals surface area (Å²) in [5.74, 6) is -1.26. The first kappa shape index (κ1) is 17.2. The number of esters is 2. The molecule has 0 heterocycles. The van der Waals surface area contributed by atoms with Gasteiger partial charge in [-0.15, -0.1) is 0 Å². The van der Waals surface area contributed by atoms with E-state index in [1.54, 1.807) is 13.8 Å². The Kier molecular flexibility index (Phi) is 6.89. The van der Waals surface area contributed by atoms with Gasteiger partial charge in [0.05, 0.1) is 13.2 Å². The van der Waals surface area contributed by atoms with E-state index in [1.165, 1.54) is 20.8 Å². The van der Waals surface area contributed by atoms with Gasteiger partial charge in [0, 0.05) is 6.92 Å². The van der Waals surface area contributed by atoms with Crippen molar-refractivity contribution in [1.29, 1.82) is 0 Å². The number of carbonyl (C=O) groups is 3. The van der Waals surface area contributed by atoms with Gasteiger partial charge >= 0.3 is 18.0 Å². The van der Waals surface area contributed by atoms with Crippen molar-refractivity contribution < 1.29 is 28.6 Å². The van der Waals surface area contributed by atoms with Gasteiger partial charge in [-0.25, -0.2) is 9.59 Å². The van der Waals surface area contributed by atoms with E-state index < -0.39 is 29.7 Å². The maximum atomic E-state index is 11.8. The molecule has 0 radical (unpaired) electrons. The molecule has 0 fully saturated rings. The summed E-state index contributed by atoms with van der Waals surface area (Å²) >= 11 is 0. The molecule has 1 amide bonds. The second-order valence-electron chi connectivity index (χ2n) is 4.25. The Hall–Kier alpha value is -1.79. The lowest BCUT2D eigenvalue weighted by molar-refractivity contribution is -0.165. The monoisotopic (exact) mass is 275 g/mol. The summed E-state index contributed by atoms with van der Waals surface area (Å²) in [5, 5.41) is 2.34. The molecule has 0 bridgehead atoms. The minimum Gasteiger partial charge on any atom is -0.464 e. The molecule has 0 spiro atoms. The quantitative estimate of drug-likeness (QED) is 0.574. The molecular formula is C12H21NO6. The highest BCUT2D eigenvalue weighted by Gasteiger charge is 2.40. The molecule has 1 N–H and O–H groups in total. The van der Waals surface area contributed by atoms with Crippen LogP contribution in [0.1, 0.15) is 34.6 Å². The van der Waals surface area contributed by atoms with Crippen LogP contribution in [-0.4, -0.2) is 42.9 Å². The van der Waals surface area contributed by atoms with Crippen LogP contribution in [0.25, 0.3) is 0 Å². The number of rotatable bonds is 6. The molecule has 0 aromatic carbocycles. The number of hydrogen-bond acceptors (Lipinski definition) is 6. The number of amides is 1. The first-order valence-electron chi connectivity index (χ1n) is 6.04. The van der Waals surface area contributed by atoms with Crippen molar-refractivity contribution in [3.8, 4) is 0 Å². The fourth-order valence-electron chi connectivity index (χ4n) is 1.46. The summed E-state index contributed by atoms with van der Waals surface area (Å²) in [6.45, 7) is 7.80. The highest BCUT2D eigenvalue weighted by molar-refractivity contribution is 5.83. The van der Waals surface area contributed by atoms with Gasteiger partial charge in [-0.2, -0.15) is 0 Å². The molecule has 7 nitrogen and oxygen atoms in total. The Morgan fingerprint density at radius 2 is 1.63 bits per heavy atom. The SMILES string of the molecule is CCOC(=O)NC(C(=O)OCC)C(C)(C)OC(C)=O. The van der Waals surface area contributed by atoms with Crippen LogP contribution < -0.4 is 5.32 Å². The Bertz CT molecular complexity index is 339. The van der Waals surface area contributed by atoms with E-state index in [-0.39, 0.29) is 13.2 Å². The Morgan fingerprint density at radius 1 is 1.11 bits per heavy atom. The molecule has 0 saturated heterocycles. The molecule has 0 rings (SSSR count). The number of nitrogens with one attached hydrogen (secondary N) is 1. The van der Waals surface area contributed by atoms with Gasteiger partial charge in [0.1, 0.15) is 5.60 Å². The third-order valence-corrected chi connectivity index (χ3v) is 2.16. The zero-order valence-electron chi connectivity index (χ0n) is 11.9. The second kappa shape index (κ2) is 7.60. The Morgan fingerprint density at radius 3 is 2.05 bits per heavy atom. The fourth-order valence-corrected chi connectivity index (χ4v) is 1.46. The lowest BCUT2D eigenvalue weighted by Gasteiger charge is -2.32. The lowest BCUT2D eigenvalue weighted by Crippen LogP contribution is -2.56. The summed E-state index contributed by atoms with van der Waals surface area (Å²) in [6, 6.07) is -1.14. The molecule has 0 aliphatic rings. The van der Waals surface area contributed by atoms with E-state index in [4.69, 9.17) is 14.2 Å². The van der Waals surface area contributed by atoms with Gasteiger partial charge < -0.3 is 19.5 Å². The molecule has 19 heavy (non-hydrogen) atoms. The van der Waals surface area contributed by atoms with Crippen LogP contribution >= 0.6 is 0 Å². The number of ether oxygens (including phenoxy) is 3. The average Bonchev–Trinajstić information content (AvgIpc) is 2.24. The molecule has 0 aromatic rings. The van der Waals surface area contributed by atoms with E-state index in [0.29, 0.717) is 0 Å². The van der Waals surface area contributed by atoms with Crippen molar-refractivity contribution >= 4 is 18.0 Å². The van der Waals surface area contributed by atoms with Crippen LogP contribution in [0, 0.1) is 0 Å². The predicted octanol–water partition coefficient (Wildman–Crippen LogP) is 1.01. The normalized spacial score (nSPS) is 12.3. The summed E-state index contributed by atoms with van der Waals surface area (Å²) in [5.41, 5.74) is -1.25. The standard InChI is InChI=1S/C12H21NO6/c1-6-17-10(15)9(13-11(16)18-7-2)12(4,5)19-8(3)14/h9H,6-7H2,1-5H3,(H,13,16). The molecule has 0 aromatic heterocycles. The number of hydrogen-bond donors (Lipinski definition) is 1. The van der Waals surface area contributed by atoms with Gasteiger partial charge in [0.15, 0.2) is 6.04 Å². The van der Waals surface area contributed by atoms with Crippen LogP contribution in [0.4, 0.5) is 4.79 Å². The first-order valence-corrected chi connectivity index (χ1v) is 6.04. The summed E-state index contributed by atoms with van der Waals surface area (Å²) in [4.78, 5) is 34.3. The Balaban J connectivity index is 4.98. The zero-order chi connectivity index (χ0) is 15.1. The van der Waals surface area contributed by atoms with Gasteiger partial charge in [-0.1, -0.05) is 0 Å². The maximum absolute atomic E-state index is 11.8. The van der Waals surface area contributed by atoms with E-state index in [1.807, 2.05) is 0 Å². The molecule has 0 aliphatic carbocycles. The van der Waals surface area contributed by atoms with Crippen molar-refractivity contribution in [2.24, 2.45) is 0 Å². The number of alkyl carbamates (subject to hydrolysis) is 1. The molecule has 0 saturated carbocycles. The second-order valence-corrected chi connectivity index (χ2v) is 4.25. The largest absolute Gasteiger partial charge is 0.464 e. The van der Waals surface area contributed by atoms with Crippen molar-refractivity contribution in [3.63, 3.8) is 0 Å². The first-order chi connectivity index (χ1) is 8.74. The van der Waals surface area contributed by atoms with Crippen molar-refractivity contribution in [3.05, 3.63) is 0 Å². The molecule has 1 atom stereocenters. The average molecular weight is 275 g/mol. The van der Waals surface area contributed by atoms with Gasteiger partial charge in [0.25, 0.3) is 0 Å². The van der Waals surface area contributed by atoms with Gasteiger partial charge in [0.2, 0.25) is 0 Å². The zero-order valence-corrected chi connectivity index (χ0v) is 11.9. The molecule has 7 heteroatoms. The van der Waals surface area contributed by atoms with Gasteiger partial charge in [-0.3, -0.25) is 4.79 Å². The molecule has 110 valence electrons. The highest BCUT2D eigenvalue weighted by atomic mass is 16.6. The van der Waals surface area contributed by atoms with Crippen LogP contribution in [0.15, 0.2) is 0 Å². The van der Waals surface area contributed by atoms with E-state index in [2.05, 4.69) is 5.32 Å². The van der Waals surface area contributed by atoms with Crippen molar-refractivity contribution in [2.45, 2.75) is 46.3 Å². The van der Waals surface area contributed by atoms with Crippen molar-refractivity contribution in [1.82, 2.24) is 5.32 Å². The van der Waals surface area contributed by atoms with E-state index in [0.717, 1.165) is 0 Å². The van der Waals surface area contributed by atoms with Gasteiger partial charge in [-0.05, 0) is 27.7 Å². The topological polar surface area (TPSA) is 90.9 Å². The smallest absolute Gasteiger partial charge is 0.407 e. The molecule has 1 unspecified atom stereocenters. The summed E-state index contributed by atoms with van der Waals surface area (Å²) in [7, 11) is 0. The summed E-state index contributed by atoms with van der Waals surface area (Å²) in [6.07, 6.45) is -0.777. The minimum atomic E-state index is -1.25. The van der Waals surface area contributed by atoms with Crippen LogP contribution in [0.3, 0.4) is 0 Å². The predicted molar refractivity (Wildman–Crippen MR) is 66.4 cm³/mol. The lowest BCUT2D eigenvalue weighted by atomic mass is 9.98. The van der Waals surface area contributed by atoms with Crippen LogP contribution in [0.5, 0.6) is 0 Å². The minimum absolute atomic E-state index is 0.149. The maximum Gasteiger partial charge on any atom is 0.407 e. The van der Waals surface area contributed by atoms with E-state index in [9.17, 15) is 14.4 Å². The van der Waals surface area contributed by atoms with Crippen LogP contribution in [0.2, 0.25) is 0 Å². The van der Waals surface area contributed by atoms with Crippen LogP contribution in [-0.2, 0) is 23.8 Å². The fraction of sp³-hybridized carbons (Fsp3) is 0.750. The molecular weight excluding hydrogens is 254 g/mol. The van der Waals surface area contributed by atoms with Crippen molar-refractivity contribution in [2.75, 3.05) is 13.2 Å². The van der Waals surface area contributed by atoms with E-state index >= 15 is 0 Å². The molecule has 0 aliphatic heterocycles. The third-order valence-electron chi connectivity index (χ3n) is 2.16. The Labute approximate surface area is 112 Å². The third kappa shape index (κ3) is 6.08. The highest BCUT2D eigenvalue weighted by Crippen LogP contribution is 2.17. The summed E-state index contributed by atoms with van der Waals surface area (Å²) < 4.78 is 14.6.